The molecule has 37 heavy (non-hydrogen) atoms. The van der Waals surface area contributed by atoms with Gasteiger partial charge in [-0.1, -0.05) is 25.1 Å². The first-order valence-electron chi connectivity index (χ1n) is 12.4. The molecule has 1 unspecified atom stereocenters. The lowest BCUT2D eigenvalue weighted by Crippen LogP contribution is -2.63. The fourth-order valence-corrected chi connectivity index (χ4v) is 6.86. The average Bonchev–Trinajstić information content (AvgIpc) is 3.39. The Labute approximate surface area is 223 Å². The molecule has 0 radical (unpaired) electrons. The van der Waals surface area contributed by atoms with E-state index in [-0.39, 0.29) is 36.3 Å². The largest absolute Gasteiger partial charge is 0.511 e. The number of thioether (sulfide) groups is 1. The first-order chi connectivity index (χ1) is 17.7. The number of aliphatic hydroxyl groups is 2. The lowest BCUT2D eigenvalue weighted by Gasteiger charge is -2.46. The molecule has 2 aliphatic heterocycles. The van der Waals surface area contributed by atoms with E-state index in [1.807, 2.05) is 6.92 Å². The molecule has 1 amide bonds. The average molecular weight is 553 g/mol. The summed E-state index contributed by atoms with van der Waals surface area (Å²) in [5.74, 6) is -2.01. The third kappa shape index (κ3) is 5.87. The van der Waals surface area contributed by atoms with Gasteiger partial charge in [0.1, 0.15) is 11.8 Å². The van der Waals surface area contributed by atoms with Gasteiger partial charge in [0.25, 0.3) is 0 Å². The number of carbonyl (C=O) groups is 3. The predicted octanol–water partition coefficient (Wildman–Crippen LogP) is 3.78. The number of carbonyl (C=O) groups excluding carboxylic acids is 3. The number of hydrogen-bond donors (Lipinski definition) is 2. The van der Waals surface area contributed by atoms with E-state index in [0.29, 0.717) is 10.6 Å². The van der Waals surface area contributed by atoms with E-state index in [4.69, 9.17) is 14.2 Å². The SMILES string of the molecule is CC(OC(=O)OC1CCCCC1)OC(=O)C1=C(S/C=C\c2scnc2CO)[C@H](C)[C@@H]2[C@@H]([C@@H](C)O)C(=O)N12. The van der Waals surface area contributed by atoms with Gasteiger partial charge in [-0.2, -0.15) is 0 Å². The molecule has 1 aliphatic carbocycles. The molecule has 2 N–H and O–H groups in total. The minimum Gasteiger partial charge on any atom is -0.431 e. The zero-order chi connectivity index (χ0) is 26.7. The number of β-lactam (4-membered cyclic amide) rings is 1. The molecule has 202 valence electrons. The van der Waals surface area contributed by atoms with E-state index >= 15 is 0 Å². The Balaban J connectivity index is 1.47. The number of amides is 1. The van der Waals surface area contributed by atoms with Crippen molar-refractivity contribution in [2.45, 2.75) is 84.0 Å². The number of thiazole rings is 1. The van der Waals surface area contributed by atoms with Crippen molar-refractivity contribution >= 4 is 47.2 Å². The summed E-state index contributed by atoms with van der Waals surface area (Å²) in [4.78, 5) is 45.1. The van der Waals surface area contributed by atoms with E-state index in [0.717, 1.165) is 37.0 Å². The number of fused-ring (bicyclic) bond motifs is 1. The Kier molecular flexibility index (Phi) is 8.94. The Hall–Kier alpha value is -2.41. The van der Waals surface area contributed by atoms with Gasteiger partial charge < -0.3 is 29.3 Å². The lowest BCUT2D eigenvalue weighted by molar-refractivity contribution is -0.174. The number of rotatable bonds is 9. The van der Waals surface area contributed by atoms with E-state index < -0.39 is 30.4 Å². The number of esters is 1. The van der Waals surface area contributed by atoms with Crippen LogP contribution in [0.25, 0.3) is 6.08 Å². The van der Waals surface area contributed by atoms with E-state index in [1.165, 1.54) is 34.9 Å². The van der Waals surface area contributed by atoms with Crippen molar-refractivity contribution in [3.05, 3.63) is 32.1 Å². The maximum absolute atomic E-state index is 13.2. The molecular formula is C25H32N2O8S2. The number of aliphatic hydroxyl groups excluding tert-OH is 2. The van der Waals surface area contributed by atoms with E-state index in [1.54, 1.807) is 23.9 Å². The number of nitrogens with zero attached hydrogens (tertiary/aromatic N) is 2. The molecule has 4 rings (SSSR count). The maximum atomic E-state index is 13.2. The Bertz CT molecular complexity index is 1080. The van der Waals surface area contributed by atoms with Crippen LogP contribution >= 0.6 is 23.1 Å². The van der Waals surface area contributed by atoms with Crippen LogP contribution < -0.4 is 0 Å². The zero-order valence-electron chi connectivity index (χ0n) is 21.0. The van der Waals surface area contributed by atoms with Crippen LogP contribution in [0.3, 0.4) is 0 Å². The molecule has 5 atom stereocenters. The third-order valence-corrected chi connectivity index (χ3v) is 8.82. The van der Waals surface area contributed by atoms with Crippen molar-refractivity contribution in [2.75, 3.05) is 0 Å². The highest BCUT2D eigenvalue weighted by Crippen LogP contribution is 2.51. The number of aromatic nitrogens is 1. The molecule has 3 heterocycles. The van der Waals surface area contributed by atoms with Crippen LogP contribution in [0, 0.1) is 11.8 Å². The minimum absolute atomic E-state index is 0.0804. The quantitative estimate of drug-likeness (QED) is 0.265. The highest BCUT2D eigenvalue weighted by Gasteiger charge is 2.60. The molecule has 1 aromatic heterocycles. The standard InChI is InChI=1S/C25H32N2O8S2/c1-13-20-19(14(2)29)23(30)27(20)21(22(13)36-10-9-18-17(11-28)26-12-37-18)24(31)33-15(3)34-25(32)35-16-7-5-4-6-8-16/h9-10,12-16,19-20,28-29H,4-8,11H2,1-3H3/b10-9-/t13-,14-,15?,19-,20-/m1/s1. The summed E-state index contributed by atoms with van der Waals surface area (Å²) in [7, 11) is 0. The third-order valence-electron chi connectivity index (χ3n) is 6.89. The Morgan fingerprint density at radius 3 is 2.68 bits per heavy atom. The molecule has 10 nitrogen and oxygen atoms in total. The van der Waals surface area contributed by atoms with Crippen molar-refractivity contribution < 1.29 is 38.8 Å². The molecule has 3 aliphatic rings. The van der Waals surface area contributed by atoms with Gasteiger partial charge in [-0.3, -0.25) is 4.79 Å². The first kappa shape index (κ1) is 27.6. The summed E-state index contributed by atoms with van der Waals surface area (Å²) in [6.07, 6.45) is 3.28. The number of hydrogen-bond acceptors (Lipinski definition) is 11. The molecule has 2 fully saturated rings. The summed E-state index contributed by atoms with van der Waals surface area (Å²) < 4.78 is 15.9. The molecule has 1 saturated heterocycles. The monoisotopic (exact) mass is 552 g/mol. The molecule has 0 spiro atoms. The van der Waals surface area contributed by atoms with Gasteiger partial charge in [0, 0.05) is 17.7 Å². The van der Waals surface area contributed by atoms with Gasteiger partial charge >= 0.3 is 12.1 Å². The molecular weight excluding hydrogens is 520 g/mol. The fraction of sp³-hybridized carbons (Fsp3) is 0.600. The Morgan fingerprint density at radius 2 is 2.00 bits per heavy atom. The van der Waals surface area contributed by atoms with Crippen molar-refractivity contribution in [3.63, 3.8) is 0 Å². The maximum Gasteiger partial charge on any atom is 0.511 e. The summed E-state index contributed by atoms with van der Waals surface area (Å²) in [6, 6.07) is -0.380. The van der Waals surface area contributed by atoms with Gasteiger partial charge in [0.05, 0.1) is 40.8 Å². The van der Waals surface area contributed by atoms with Crippen LogP contribution in [0.5, 0.6) is 0 Å². The summed E-state index contributed by atoms with van der Waals surface area (Å²) in [5, 5.41) is 21.3. The topological polar surface area (TPSA) is 135 Å². The zero-order valence-corrected chi connectivity index (χ0v) is 22.6. The molecule has 0 aromatic carbocycles. The van der Waals surface area contributed by atoms with Gasteiger partial charge in [-0.15, -0.1) is 11.3 Å². The van der Waals surface area contributed by atoms with Crippen LogP contribution in [0.15, 0.2) is 21.5 Å². The van der Waals surface area contributed by atoms with Crippen molar-refractivity contribution in [1.29, 1.82) is 0 Å². The summed E-state index contributed by atoms with van der Waals surface area (Å²) in [5.41, 5.74) is 2.26. The minimum atomic E-state index is -1.22. The highest BCUT2D eigenvalue weighted by molar-refractivity contribution is 8.06. The van der Waals surface area contributed by atoms with Crippen LogP contribution in [-0.4, -0.2) is 62.7 Å². The fourth-order valence-electron chi connectivity index (χ4n) is 5.08. The molecule has 0 bridgehead atoms. The predicted molar refractivity (Wildman–Crippen MR) is 137 cm³/mol. The van der Waals surface area contributed by atoms with Gasteiger partial charge in [0.15, 0.2) is 0 Å². The van der Waals surface area contributed by atoms with Gasteiger partial charge in [-0.05, 0) is 44.1 Å². The molecule has 1 aromatic rings. The van der Waals surface area contributed by atoms with Crippen LogP contribution in [0.1, 0.15) is 63.4 Å². The van der Waals surface area contributed by atoms with Crippen molar-refractivity contribution in [2.24, 2.45) is 11.8 Å². The van der Waals surface area contributed by atoms with Gasteiger partial charge in [-0.25, -0.2) is 14.6 Å². The van der Waals surface area contributed by atoms with Crippen LogP contribution in [0.2, 0.25) is 0 Å². The molecule has 12 heteroatoms. The van der Waals surface area contributed by atoms with Gasteiger partial charge in [0.2, 0.25) is 12.2 Å². The summed E-state index contributed by atoms with van der Waals surface area (Å²) >= 11 is 2.63. The van der Waals surface area contributed by atoms with Crippen LogP contribution in [-0.2, 0) is 30.4 Å². The van der Waals surface area contributed by atoms with Crippen LogP contribution in [0.4, 0.5) is 4.79 Å². The van der Waals surface area contributed by atoms with E-state index in [2.05, 4.69) is 4.98 Å². The smallest absolute Gasteiger partial charge is 0.431 e. The number of ether oxygens (including phenoxy) is 3. The second-order valence-corrected chi connectivity index (χ2v) is 11.3. The summed E-state index contributed by atoms with van der Waals surface area (Å²) in [6.45, 7) is 4.68. The second-order valence-electron chi connectivity index (χ2n) is 9.43. The first-order valence-corrected chi connectivity index (χ1v) is 14.2. The molecule has 1 saturated carbocycles. The normalized spacial score (nSPS) is 25.6. The Morgan fingerprint density at radius 1 is 1.27 bits per heavy atom. The van der Waals surface area contributed by atoms with E-state index in [9.17, 15) is 24.6 Å². The second kappa shape index (κ2) is 12.0. The van der Waals surface area contributed by atoms with Crippen molar-refractivity contribution in [1.82, 2.24) is 9.88 Å². The lowest BCUT2D eigenvalue weighted by atomic mass is 9.79. The van der Waals surface area contributed by atoms with Crippen molar-refractivity contribution in [3.8, 4) is 0 Å². The highest BCUT2D eigenvalue weighted by atomic mass is 32.2.